The van der Waals surface area contributed by atoms with Gasteiger partial charge in [0.05, 0.1) is 15.5 Å². The summed E-state index contributed by atoms with van der Waals surface area (Å²) in [5, 5.41) is 4.17. The summed E-state index contributed by atoms with van der Waals surface area (Å²) in [4.78, 5) is 14.7. The third-order valence-electron chi connectivity index (χ3n) is 5.01. The maximum Gasteiger partial charge on any atom is 0.281 e. The number of amides is 1. The Kier molecular flexibility index (Phi) is 5.81. The van der Waals surface area contributed by atoms with E-state index in [4.69, 9.17) is 0 Å². The number of hydrogen-bond donors (Lipinski definition) is 1. The second kappa shape index (κ2) is 7.94. The maximum absolute atomic E-state index is 12.4. The van der Waals surface area contributed by atoms with E-state index in [1.807, 2.05) is 6.07 Å². The first kappa shape index (κ1) is 19.8. The van der Waals surface area contributed by atoms with Crippen LogP contribution in [0.25, 0.3) is 0 Å². The number of fused-ring (bicyclic) bond motifs is 1. The zero-order chi connectivity index (χ0) is 19.6. The van der Waals surface area contributed by atoms with Gasteiger partial charge < -0.3 is 0 Å². The molecule has 0 saturated heterocycles. The fourth-order valence-corrected chi connectivity index (χ4v) is 4.99. The summed E-state index contributed by atoms with van der Waals surface area (Å²) >= 11 is 1.56. The van der Waals surface area contributed by atoms with Crippen LogP contribution in [-0.4, -0.2) is 26.3 Å². The Morgan fingerprint density at radius 2 is 2.00 bits per heavy atom. The third kappa shape index (κ3) is 4.65. The number of sulfone groups is 1. The second-order valence-corrected chi connectivity index (χ2v) is 10.2. The lowest BCUT2D eigenvalue weighted by molar-refractivity contribution is 0.0959. The maximum atomic E-state index is 12.4. The molecule has 0 saturated carbocycles. The molecule has 1 aromatic carbocycles. The Balaban J connectivity index is 1.68. The SMILES string of the molecule is CC[C@H]1CCc2sc(C(=O)N/N=C(/C)c3ccc(S(C)(=O)=O)cc3)cc2C1. The monoisotopic (exact) mass is 404 g/mol. The molecule has 1 heterocycles. The Hall–Kier alpha value is -1.99. The molecule has 1 amide bonds. The minimum Gasteiger partial charge on any atom is -0.266 e. The van der Waals surface area contributed by atoms with E-state index in [9.17, 15) is 13.2 Å². The number of rotatable bonds is 5. The van der Waals surface area contributed by atoms with Crippen molar-refractivity contribution >= 4 is 32.8 Å². The van der Waals surface area contributed by atoms with E-state index in [1.54, 1.807) is 42.5 Å². The number of hydrazone groups is 1. The lowest BCUT2D eigenvalue weighted by Gasteiger charge is -2.19. The van der Waals surface area contributed by atoms with Crippen LogP contribution < -0.4 is 5.43 Å². The number of nitrogens with zero attached hydrogens (tertiary/aromatic N) is 1. The lowest BCUT2D eigenvalue weighted by Crippen LogP contribution is -2.18. The first-order valence-electron chi connectivity index (χ1n) is 9.04. The molecule has 7 heteroatoms. The predicted octanol–water partition coefficient (Wildman–Crippen LogP) is 3.82. The van der Waals surface area contributed by atoms with Gasteiger partial charge in [-0.3, -0.25) is 4.79 Å². The summed E-state index contributed by atoms with van der Waals surface area (Å²) in [6, 6.07) is 8.47. The van der Waals surface area contributed by atoms with E-state index in [0.717, 1.165) is 24.3 Å². The van der Waals surface area contributed by atoms with Crippen LogP contribution in [0.2, 0.25) is 0 Å². The summed E-state index contributed by atoms with van der Waals surface area (Å²) in [5.74, 6) is 0.521. The summed E-state index contributed by atoms with van der Waals surface area (Å²) in [6.45, 7) is 4.00. The van der Waals surface area contributed by atoms with Crippen molar-refractivity contribution in [2.24, 2.45) is 11.0 Å². The molecule has 1 aliphatic rings. The molecule has 0 bridgehead atoms. The number of carbonyl (C=O) groups is 1. The molecule has 144 valence electrons. The molecule has 5 nitrogen and oxygen atoms in total. The van der Waals surface area contributed by atoms with Crippen LogP contribution in [0.4, 0.5) is 0 Å². The van der Waals surface area contributed by atoms with E-state index < -0.39 is 9.84 Å². The molecule has 1 N–H and O–H groups in total. The highest BCUT2D eigenvalue weighted by Crippen LogP contribution is 2.33. The van der Waals surface area contributed by atoms with Crippen molar-refractivity contribution in [1.29, 1.82) is 0 Å². The van der Waals surface area contributed by atoms with Crippen LogP contribution in [-0.2, 0) is 22.7 Å². The van der Waals surface area contributed by atoms with Gasteiger partial charge in [0.25, 0.3) is 5.91 Å². The molecule has 0 aliphatic heterocycles. The van der Waals surface area contributed by atoms with Crippen molar-refractivity contribution in [3.63, 3.8) is 0 Å². The lowest BCUT2D eigenvalue weighted by atomic mass is 9.87. The predicted molar refractivity (Wildman–Crippen MR) is 109 cm³/mol. The minimum absolute atomic E-state index is 0.199. The van der Waals surface area contributed by atoms with Crippen molar-refractivity contribution in [3.05, 3.63) is 51.2 Å². The van der Waals surface area contributed by atoms with E-state index in [-0.39, 0.29) is 10.8 Å². The van der Waals surface area contributed by atoms with Crippen molar-refractivity contribution < 1.29 is 13.2 Å². The molecule has 0 spiro atoms. The minimum atomic E-state index is -3.22. The molecular weight excluding hydrogens is 380 g/mol. The zero-order valence-electron chi connectivity index (χ0n) is 15.8. The molecule has 1 atom stereocenters. The first-order valence-corrected chi connectivity index (χ1v) is 11.8. The van der Waals surface area contributed by atoms with Crippen LogP contribution >= 0.6 is 11.3 Å². The number of aryl methyl sites for hydroxylation is 1. The van der Waals surface area contributed by atoms with Crippen molar-refractivity contribution in [1.82, 2.24) is 5.43 Å². The fourth-order valence-electron chi connectivity index (χ4n) is 3.26. The van der Waals surface area contributed by atoms with E-state index >= 15 is 0 Å². The van der Waals surface area contributed by atoms with Gasteiger partial charge in [-0.2, -0.15) is 5.10 Å². The highest BCUT2D eigenvalue weighted by molar-refractivity contribution is 7.90. The number of carbonyl (C=O) groups excluding carboxylic acids is 1. The average Bonchev–Trinajstić information content (AvgIpc) is 3.08. The molecule has 2 aromatic rings. The van der Waals surface area contributed by atoms with Crippen LogP contribution in [0.1, 0.15) is 52.4 Å². The van der Waals surface area contributed by atoms with Gasteiger partial charge >= 0.3 is 0 Å². The topological polar surface area (TPSA) is 75.6 Å². The van der Waals surface area contributed by atoms with Gasteiger partial charge in [0.1, 0.15) is 0 Å². The van der Waals surface area contributed by atoms with Crippen LogP contribution in [0.3, 0.4) is 0 Å². The smallest absolute Gasteiger partial charge is 0.266 e. The van der Waals surface area contributed by atoms with Gasteiger partial charge in [-0.1, -0.05) is 25.5 Å². The van der Waals surface area contributed by atoms with Crippen molar-refractivity contribution in [2.75, 3.05) is 6.26 Å². The Morgan fingerprint density at radius 1 is 1.30 bits per heavy atom. The zero-order valence-corrected chi connectivity index (χ0v) is 17.4. The van der Waals surface area contributed by atoms with E-state index in [1.165, 1.54) is 29.5 Å². The summed E-state index contributed by atoms with van der Waals surface area (Å²) in [7, 11) is -3.22. The fraction of sp³-hybridized carbons (Fsp3) is 0.400. The number of hydrogen-bond acceptors (Lipinski definition) is 5. The highest BCUT2D eigenvalue weighted by Gasteiger charge is 2.22. The Morgan fingerprint density at radius 3 is 2.63 bits per heavy atom. The highest BCUT2D eigenvalue weighted by atomic mass is 32.2. The van der Waals surface area contributed by atoms with E-state index in [2.05, 4.69) is 17.5 Å². The second-order valence-electron chi connectivity index (χ2n) is 7.01. The normalized spacial score (nSPS) is 17.4. The molecule has 27 heavy (non-hydrogen) atoms. The van der Waals surface area contributed by atoms with E-state index in [0.29, 0.717) is 10.6 Å². The molecule has 1 aromatic heterocycles. The third-order valence-corrected chi connectivity index (χ3v) is 7.38. The van der Waals surface area contributed by atoms with Crippen LogP contribution in [0.5, 0.6) is 0 Å². The van der Waals surface area contributed by atoms with Gasteiger partial charge in [-0.05, 0) is 61.4 Å². The van der Waals surface area contributed by atoms with Gasteiger partial charge in [-0.15, -0.1) is 11.3 Å². The summed E-state index contributed by atoms with van der Waals surface area (Å²) in [5.41, 5.74) is 5.31. The quantitative estimate of drug-likeness (QED) is 0.608. The number of benzene rings is 1. The van der Waals surface area contributed by atoms with Crippen LogP contribution in [0.15, 0.2) is 40.3 Å². The molecule has 0 fully saturated rings. The van der Waals surface area contributed by atoms with Crippen molar-refractivity contribution in [2.45, 2.75) is 44.4 Å². The number of nitrogens with one attached hydrogen (secondary N) is 1. The van der Waals surface area contributed by atoms with Crippen molar-refractivity contribution in [3.8, 4) is 0 Å². The van der Waals surface area contributed by atoms with Gasteiger partial charge in [0.15, 0.2) is 9.84 Å². The molecule has 0 radical (unpaired) electrons. The molecule has 1 aliphatic carbocycles. The van der Waals surface area contributed by atoms with Crippen LogP contribution in [0, 0.1) is 5.92 Å². The average molecular weight is 405 g/mol. The summed E-state index contributed by atoms with van der Waals surface area (Å²) < 4.78 is 23.0. The van der Waals surface area contributed by atoms with Gasteiger partial charge in [-0.25, -0.2) is 13.8 Å². The molecule has 0 unspecified atom stereocenters. The Labute approximate surface area is 164 Å². The summed E-state index contributed by atoms with van der Waals surface area (Å²) in [6.07, 6.45) is 5.67. The standard InChI is InChI=1S/C20H24N2O3S2/c1-4-14-5-10-18-16(11-14)12-19(26-18)20(23)22-21-13(2)15-6-8-17(9-7-15)27(3,24)25/h6-9,12,14H,4-5,10-11H2,1-3H3,(H,22,23)/b21-13-/t14-/m0/s1. The van der Waals surface area contributed by atoms with Gasteiger partial charge in [0.2, 0.25) is 0 Å². The Bertz CT molecular complexity index is 973. The first-order chi connectivity index (χ1) is 12.8. The molecular formula is C20H24N2O3S2. The largest absolute Gasteiger partial charge is 0.281 e. The number of thiophene rings is 1. The van der Waals surface area contributed by atoms with Gasteiger partial charge in [0, 0.05) is 11.1 Å². The molecule has 3 rings (SSSR count).